The molecule has 7 nitrogen and oxygen atoms in total. The molecule has 1 aromatic carbocycles. The molecule has 122 valence electrons. The summed E-state index contributed by atoms with van der Waals surface area (Å²) in [4.78, 5) is 16.1. The number of aromatic hydroxyl groups is 1. The highest BCUT2D eigenvalue weighted by molar-refractivity contribution is 9.10. The first-order valence-electron chi connectivity index (χ1n) is 6.37. The van der Waals surface area contributed by atoms with Crippen LogP contribution in [-0.2, 0) is 4.74 Å². The number of anilines is 1. The van der Waals surface area contributed by atoms with Crippen molar-refractivity contribution in [3.8, 4) is 11.5 Å². The van der Waals surface area contributed by atoms with Gasteiger partial charge in [-0.2, -0.15) is 5.10 Å². The number of nitrogens with one attached hydrogen (secondary N) is 1. The molecule has 0 aliphatic heterocycles. The Morgan fingerprint density at radius 2 is 2.22 bits per heavy atom. The predicted molar refractivity (Wildman–Crippen MR) is 91.8 cm³/mol. The molecule has 0 spiro atoms. The lowest BCUT2D eigenvalue weighted by Crippen LogP contribution is -1.99. The zero-order valence-electron chi connectivity index (χ0n) is 12.6. The number of hydrazone groups is 1. The Morgan fingerprint density at radius 1 is 1.48 bits per heavy atom. The molecule has 1 aromatic heterocycles. The molecule has 0 saturated carbocycles. The Kier molecular flexibility index (Phi) is 5.56. The largest absolute Gasteiger partial charge is 0.503 e. The third kappa shape index (κ3) is 3.99. The number of methoxy groups -OCH3 is 2. The Hall–Kier alpha value is -2.13. The molecule has 0 fully saturated rings. The average molecular weight is 400 g/mol. The topological polar surface area (TPSA) is 93.0 Å². The van der Waals surface area contributed by atoms with Crippen molar-refractivity contribution in [3.05, 3.63) is 32.7 Å². The molecule has 0 aliphatic carbocycles. The smallest absolute Gasteiger partial charge is 0.350 e. The Balaban J connectivity index is 2.13. The number of halogens is 1. The van der Waals surface area contributed by atoms with Crippen LogP contribution >= 0.6 is 27.3 Å². The highest BCUT2D eigenvalue weighted by Gasteiger charge is 2.15. The van der Waals surface area contributed by atoms with Crippen LogP contribution in [0.1, 0.15) is 20.9 Å². The number of hydrogen-bond donors (Lipinski definition) is 2. The van der Waals surface area contributed by atoms with Gasteiger partial charge < -0.3 is 14.6 Å². The minimum Gasteiger partial charge on any atom is -0.503 e. The molecule has 23 heavy (non-hydrogen) atoms. The van der Waals surface area contributed by atoms with Crippen molar-refractivity contribution in [1.29, 1.82) is 0 Å². The number of phenolic OH excluding ortho intramolecular Hbond substituents is 1. The van der Waals surface area contributed by atoms with Gasteiger partial charge in [0.1, 0.15) is 4.88 Å². The van der Waals surface area contributed by atoms with Crippen molar-refractivity contribution in [1.82, 2.24) is 4.98 Å². The van der Waals surface area contributed by atoms with Crippen molar-refractivity contribution in [3.63, 3.8) is 0 Å². The zero-order valence-corrected chi connectivity index (χ0v) is 15.0. The summed E-state index contributed by atoms with van der Waals surface area (Å²) in [5.41, 5.74) is 4.04. The molecule has 2 aromatic rings. The Labute approximate surface area is 145 Å². The molecule has 2 N–H and O–H groups in total. The van der Waals surface area contributed by atoms with Gasteiger partial charge in [-0.15, -0.1) is 0 Å². The normalized spacial score (nSPS) is 10.8. The summed E-state index contributed by atoms with van der Waals surface area (Å²) < 4.78 is 10.2. The second-order valence-corrected chi connectivity index (χ2v) is 6.20. The van der Waals surface area contributed by atoms with E-state index in [1.165, 1.54) is 14.2 Å². The fourth-order valence-electron chi connectivity index (χ4n) is 1.71. The molecule has 0 saturated heterocycles. The second-order valence-electron chi connectivity index (χ2n) is 4.35. The molecule has 0 unspecified atom stereocenters. The molecule has 0 amide bonds. The molecular formula is C14H14BrN3O4S. The number of ether oxygens (including phenoxy) is 2. The number of hydrogen-bond acceptors (Lipinski definition) is 8. The second kappa shape index (κ2) is 7.42. The van der Waals surface area contributed by atoms with Gasteiger partial charge in [0.2, 0.25) is 5.13 Å². The number of carbonyl (C=O) groups excluding carboxylic acids is 1. The quantitative estimate of drug-likeness (QED) is 0.455. The van der Waals surface area contributed by atoms with Gasteiger partial charge in [-0.05, 0) is 40.5 Å². The molecule has 0 aliphatic rings. The zero-order chi connectivity index (χ0) is 17.0. The van der Waals surface area contributed by atoms with Gasteiger partial charge in [0, 0.05) is 0 Å². The third-order valence-electron chi connectivity index (χ3n) is 2.81. The van der Waals surface area contributed by atoms with E-state index in [9.17, 15) is 9.90 Å². The number of aryl methyl sites for hydroxylation is 1. The van der Waals surface area contributed by atoms with Gasteiger partial charge in [0.05, 0.1) is 30.6 Å². The summed E-state index contributed by atoms with van der Waals surface area (Å²) in [6, 6.07) is 3.33. The van der Waals surface area contributed by atoms with Gasteiger partial charge in [-0.1, -0.05) is 11.3 Å². The van der Waals surface area contributed by atoms with E-state index >= 15 is 0 Å². The van der Waals surface area contributed by atoms with Crippen LogP contribution in [0, 0.1) is 6.92 Å². The van der Waals surface area contributed by atoms with Crippen LogP contribution < -0.4 is 10.2 Å². The average Bonchev–Trinajstić information content (AvgIpc) is 2.90. The fraction of sp³-hybridized carbons (Fsp3) is 0.214. The van der Waals surface area contributed by atoms with Crippen molar-refractivity contribution in [2.45, 2.75) is 6.92 Å². The van der Waals surface area contributed by atoms with E-state index in [0.717, 1.165) is 11.3 Å². The van der Waals surface area contributed by atoms with Crippen molar-refractivity contribution in [2.75, 3.05) is 19.6 Å². The van der Waals surface area contributed by atoms with Crippen LogP contribution in [0.4, 0.5) is 5.13 Å². The number of benzene rings is 1. The van der Waals surface area contributed by atoms with E-state index in [2.05, 4.69) is 36.2 Å². The summed E-state index contributed by atoms with van der Waals surface area (Å²) in [6.45, 7) is 1.72. The molecular weight excluding hydrogens is 386 g/mol. The number of carbonyl (C=O) groups is 1. The van der Waals surface area contributed by atoms with Crippen LogP contribution in [0.15, 0.2) is 21.7 Å². The SMILES string of the molecule is COC(=O)c1sc(NN=Cc2cc(Br)c(O)c(OC)c2)nc1C. The summed E-state index contributed by atoms with van der Waals surface area (Å²) in [5, 5.41) is 14.3. The van der Waals surface area contributed by atoms with E-state index < -0.39 is 5.97 Å². The number of aromatic nitrogens is 1. The van der Waals surface area contributed by atoms with Crippen LogP contribution in [0.25, 0.3) is 0 Å². The van der Waals surface area contributed by atoms with Crippen LogP contribution in [0.3, 0.4) is 0 Å². The van der Waals surface area contributed by atoms with Crippen molar-refractivity contribution >= 4 is 44.6 Å². The molecule has 0 radical (unpaired) electrons. The maximum Gasteiger partial charge on any atom is 0.350 e. The summed E-state index contributed by atoms with van der Waals surface area (Å²) in [5.74, 6) is -0.0704. The van der Waals surface area contributed by atoms with Crippen LogP contribution in [-0.4, -0.2) is 36.5 Å². The lowest BCUT2D eigenvalue weighted by Gasteiger charge is -2.06. The van der Waals surface area contributed by atoms with Gasteiger partial charge in [0.25, 0.3) is 0 Å². The number of thiazole rings is 1. The van der Waals surface area contributed by atoms with E-state index in [4.69, 9.17) is 4.74 Å². The molecule has 9 heteroatoms. The molecule has 1 heterocycles. The number of rotatable bonds is 5. The van der Waals surface area contributed by atoms with E-state index in [1.807, 2.05) is 0 Å². The Bertz CT molecular complexity index is 761. The molecule has 2 rings (SSSR count). The lowest BCUT2D eigenvalue weighted by molar-refractivity contribution is 0.0605. The van der Waals surface area contributed by atoms with Gasteiger partial charge in [-0.3, -0.25) is 5.43 Å². The fourth-order valence-corrected chi connectivity index (χ4v) is 3.01. The van der Waals surface area contributed by atoms with Crippen LogP contribution in [0.2, 0.25) is 0 Å². The highest BCUT2D eigenvalue weighted by Crippen LogP contribution is 2.34. The summed E-state index contributed by atoms with van der Waals surface area (Å²) >= 11 is 4.39. The monoisotopic (exact) mass is 399 g/mol. The van der Waals surface area contributed by atoms with E-state index in [1.54, 1.807) is 25.3 Å². The van der Waals surface area contributed by atoms with Gasteiger partial charge >= 0.3 is 5.97 Å². The first-order chi connectivity index (χ1) is 11.0. The summed E-state index contributed by atoms with van der Waals surface area (Å²) in [6.07, 6.45) is 1.54. The number of phenols is 1. The first kappa shape index (κ1) is 17.2. The maximum absolute atomic E-state index is 11.5. The predicted octanol–water partition coefficient (Wildman–Crippen LogP) is 3.16. The van der Waals surface area contributed by atoms with Gasteiger partial charge in [0.15, 0.2) is 11.5 Å². The minimum atomic E-state index is -0.427. The minimum absolute atomic E-state index is 0.0240. The third-order valence-corrected chi connectivity index (χ3v) is 4.46. The number of nitrogens with zero attached hydrogens (tertiary/aromatic N) is 2. The van der Waals surface area contributed by atoms with E-state index in [0.29, 0.717) is 31.5 Å². The van der Waals surface area contributed by atoms with Crippen molar-refractivity contribution in [2.24, 2.45) is 5.10 Å². The maximum atomic E-state index is 11.5. The van der Waals surface area contributed by atoms with Crippen molar-refractivity contribution < 1.29 is 19.4 Å². The summed E-state index contributed by atoms with van der Waals surface area (Å²) in [7, 11) is 2.79. The highest BCUT2D eigenvalue weighted by atomic mass is 79.9. The van der Waals surface area contributed by atoms with Crippen LogP contribution in [0.5, 0.6) is 11.5 Å². The lowest BCUT2D eigenvalue weighted by atomic mass is 10.2. The number of esters is 1. The van der Waals surface area contributed by atoms with Gasteiger partial charge in [-0.25, -0.2) is 9.78 Å². The standard InChI is InChI=1S/C14H14BrN3O4S/c1-7-12(13(20)22-3)23-14(17-7)18-16-6-8-4-9(15)11(19)10(5-8)21-2/h4-6,19H,1-3H3,(H,17,18). The first-order valence-corrected chi connectivity index (χ1v) is 7.98. The van der Waals surface area contributed by atoms with E-state index in [-0.39, 0.29) is 5.75 Å². The molecule has 0 bridgehead atoms. The molecule has 0 atom stereocenters. The Morgan fingerprint density at radius 3 is 2.87 bits per heavy atom.